The SMILES string of the molecule is CC(C)(O)C(C)(C)O/C=C/C1CC1.OB(O)O. The molecule has 0 amide bonds. The molecule has 0 bridgehead atoms. The van der Waals surface area contributed by atoms with E-state index in [-0.39, 0.29) is 0 Å². The van der Waals surface area contributed by atoms with Crippen LogP contribution in [0.15, 0.2) is 12.3 Å². The fraction of sp³-hybridized carbons (Fsp3) is 0.818. The van der Waals surface area contributed by atoms with Gasteiger partial charge in [0, 0.05) is 0 Å². The van der Waals surface area contributed by atoms with E-state index in [4.69, 9.17) is 19.8 Å². The molecule has 0 saturated heterocycles. The van der Waals surface area contributed by atoms with Gasteiger partial charge < -0.3 is 24.9 Å². The Bertz CT molecular complexity index is 238. The zero-order valence-electron chi connectivity index (χ0n) is 10.9. The van der Waals surface area contributed by atoms with Gasteiger partial charge in [0.1, 0.15) is 5.60 Å². The van der Waals surface area contributed by atoms with Crippen LogP contribution in [0.1, 0.15) is 40.5 Å². The van der Waals surface area contributed by atoms with Gasteiger partial charge in [0.05, 0.1) is 11.9 Å². The minimum Gasteiger partial charge on any atom is -0.493 e. The first-order valence-corrected chi connectivity index (χ1v) is 5.67. The lowest BCUT2D eigenvalue weighted by Crippen LogP contribution is -2.46. The molecular formula is C11H23BO5. The summed E-state index contributed by atoms with van der Waals surface area (Å²) >= 11 is 0. The lowest BCUT2D eigenvalue weighted by molar-refractivity contribution is -0.114. The normalized spacial score (nSPS) is 16.5. The van der Waals surface area contributed by atoms with Crippen molar-refractivity contribution in [1.82, 2.24) is 0 Å². The van der Waals surface area contributed by atoms with E-state index < -0.39 is 18.5 Å². The van der Waals surface area contributed by atoms with Crippen LogP contribution in [0.3, 0.4) is 0 Å². The minimum absolute atomic E-state index is 0.529. The molecule has 0 heterocycles. The number of allylic oxidation sites excluding steroid dienone is 1. The standard InChI is InChI=1S/C11H20O2.BH3O3/c1-10(2,12)11(3,4)13-8-7-9-5-6-9;2-1(3)4/h7-9,12H,5-6H2,1-4H3;2-4H/b8-7+;. The van der Waals surface area contributed by atoms with Crippen LogP contribution in [0, 0.1) is 5.92 Å². The molecule has 0 unspecified atom stereocenters. The number of aliphatic hydroxyl groups is 1. The molecule has 1 fully saturated rings. The third-order valence-corrected chi connectivity index (χ3v) is 2.81. The molecule has 6 heteroatoms. The summed E-state index contributed by atoms with van der Waals surface area (Å²) in [5, 5.41) is 31.3. The van der Waals surface area contributed by atoms with E-state index in [2.05, 4.69) is 6.08 Å². The maximum Gasteiger partial charge on any atom is 0.631 e. The Morgan fingerprint density at radius 1 is 1.12 bits per heavy atom. The van der Waals surface area contributed by atoms with Crippen molar-refractivity contribution in [2.45, 2.75) is 51.7 Å². The van der Waals surface area contributed by atoms with Gasteiger partial charge in [-0.25, -0.2) is 0 Å². The van der Waals surface area contributed by atoms with E-state index in [9.17, 15) is 5.11 Å². The molecule has 5 nitrogen and oxygen atoms in total. The molecule has 1 saturated carbocycles. The molecule has 17 heavy (non-hydrogen) atoms. The quantitative estimate of drug-likeness (QED) is 0.426. The van der Waals surface area contributed by atoms with Gasteiger partial charge in [-0.05, 0) is 52.5 Å². The van der Waals surface area contributed by atoms with Crippen molar-refractivity contribution in [3.8, 4) is 0 Å². The Morgan fingerprint density at radius 2 is 1.53 bits per heavy atom. The van der Waals surface area contributed by atoms with E-state index in [1.165, 1.54) is 12.8 Å². The van der Waals surface area contributed by atoms with Gasteiger partial charge in [0.25, 0.3) is 0 Å². The average molecular weight is 246 g/mol. The first-order valence-electron chi connectivity index (χ1n) is 5.67. The van der Waals surface area contributed by atoms with Crippen LogP contribution >= 0.6 is 0 Å². The van der Waals surface area contributed by atoms with E-state index in [0.717, 1.165) is 5.92 Å². The number of hydrogen-bond acceptors (Lipinski definition) is 5. The third kappa shape index (κ3) is 8.21. The fourth-order valence-corrected chi connectivity index (χ4v) is 0.753. The molecule has 100 valence electrons. The molecule has 0 radical (unpaired) electrons. The molecule has 0 aromatic rings. The molecule has 1 rings (SSSR count). The maximum absolute atomic E-state index is 9.77. The molecule has 0 aromatic carbocycles. The summed E-state index contributed by atoms with van der Waals surface area (Å²) in [6, 6.07) is 0. The van der Waals surface area contributed by atoms with Crippen molar-refractivity contribution in [1.29, 1.82) is 0 Å². The van der Waals surface area contributed by atoms with E-state index >= 15 is 0 Å². The lowest BCUT2D eigenvalue weighted by atomic mass is 9.90. The van der Waals surface area contributed by atoms with Gasteiger partial charge in [-0.1, -0.05) is 0 Å². The van der Waals surface area contributed by atoms with Crippen molar-refractivity contribution in [3.05, 3.63) is 12.3 Å². The van der Waals surface area contributed by atoms with E-state index in [0.29, 0.717) is 0 Å². The largest absolute Gasteiger partial charge is 0.631 e. The Kier molecular flexibility index (Phi) is 6.19. The molecule has 0 spiro atoms. The predicted octanol–water partition coefficient (Wildman–Crippen LogP) is 0.424. The van der Waals surface area contributed by atoms with Crippen LogP contribution in [0.5, 0.6) is 0 Å². The molecular weight excluding hydrogens is 223 g/mol. The highest BCUT2D eigenvalue weighted by atomic mass is 16.5. The average Bonchev–Trinajstić information content (AvgIpc) is 2.84. The summed E-state index contributed by atoms with van der Waals surface area (Å²) in [4.78, 5) is 0. The Morgan fingerprint density at radius 3 is 1.82 bits per heavy atom. The second-order valence-electron chi connectivity index (χ2n) is 5.20. The second-order valence-corrected chi connectivity index (χ2v) is 5.20. The highest BCUT2D eigenvalue weighted by Crippen LogP contribution is 2.31. The molecule has 1 aliphatic carbocycles. The van der Waals surface area contributed by atoms with Crippen molar-refractivity contribution < 1.29 is 24.9 Å². The highest BCUT2D eigenvalue weighted by molar-refractivity contribution is 6.30. The van der Waals surface area contributed by atoms with Crippen LogP contribution in [0.4, 0.5) is 0 Å². The van der Waals surface area contributed by atoms with Gasteiger partial charge in [-0.3, -0.25) is 0 Å². The van der Waals surface area contributed by atoms with Gasteiger partial charge >= 0.3 is 7.32 Å². The van der Waals surface area contributed by atoms with Gasteiger partial charge in [0.15, 0.2) is 0 Å². The summed E-state index contributed by atoms with van der Waals surface area (Å²) in [5.41, 5.74) is -1.35. The molecule has 1 aliphatic rings. The molecule has 0 atom stereocenters. The fourth-order valence-electron chi connectivity index (χ4n) is 0.753. The Labute approximate surface area is 103 Å². The van der Waals surface area contributed by atoms with Crippen LogP contribution < -0.4 is 0 Å². The van der Waals surface area contributed by atoms with Crippen LogP contribution in [-0.4, -0.2) is 38.7 Å². The monoisotopic (exact) mass is 246 g/mol. The summed E-state index contributed by atoms with van der Waals surface area (Å²) in [6.45, 7) is 7.31. The molecule has 0 aliphatic heterocycles. The topological polar surface area (TPSA) is 90.2 Å². The summed E-state index contributed by atoms with van der Waals surface area (Å²) in [5.74, 6) is 0.720. The predicted molar refractivity (Wildman–Crippen MR) is 65.7 cm³/mol. The number of rotatable bonds is 4. The van der Waals surface area contributed by atoms with Gasteiger partial charge in [-0.15, -0.1) is 0 Å². The third-order valence-electron chi connectivity index (χ3n) is 2.81. The van der Waals surface area contributed by atoms with E-state index in [1.807, 2.05) is 13.8 Å². The molecule has 0 aromatic heterocycles. The Hall–Kier alpha value is -0.555. The summed E-state index contributed by atoms with van der Waals surface area (Å²) in [7, 11) is -2.17. The second kappa shape index (κ2) is 6.40. The lowest BCUT2D eigenvalue weighted by Gasteiger charge is -2.36. The van der Waals surface area contributed by atoms with Crippen molar-refractivity contribution in [2.75, 3.05) is 0 Å². The first kappa shape index (κ1) is 16.4. The zero-order valence-corrected chi connectivity index (χ0v) is 10.9. The summed E-state index contributed by atoms with van der Waals surface area (Å²) in [6.07, 6.45) is 6.37. The van der Waals surface area contributed by atoms with Crippen molar-refractivity contribution in [3.63, 3.8) is 0 Å². The Balaban J connectivity index is 0.000000557. The van der Waals surface area contributed by atoms with Crippen LogP contribution in [0.25, 0.3) is 0 Å². The van der Waals surface area contributed by atoms with Gasteiger partial charge in [-0.2, -0.15) is 0 Å². The van der Waals surface area contributed by atoms with Crippen molar-refractivity contribution >= 4 is 7.32 Å². The van der Waals surface area contributed by atoms with Crippen molar-refractivity contribution in [2.24, 2.45) is 5.92 Å². The van der Waals surface area contributed by atoms with E-state index in [1.54, 1.807) is 20.1 Å². The smallest absolute Gasteiger partial charge is 0.493 e. The maximum atomic E-state index is 9.77. The van der Waals surface area contributed by atoms with Crippen LogP contribution in [-0.2, 0) is 4.74 Å². The van der Waals surface area contributed by atoms with Gasteiger partial charge in [0.2, 0.25) is 0 Å². The minimum atomic E-state index is -2.17. The zero-order chi connectivity index (χ0) is 13.7. The number of hydrogen-bond donors (Lipinski definition) is 4. The highest BCUT2D eigenvalue weighted by Gasteiger charge is 2.36. The van der Waals surface area contributed by atoms with Crippen LogP contribution in [0.2, 0.25) is 0 Å². The molecule has 4 N–H and O–H groups in total. The first-order chi connectivity index (χ1) is 7.56. The summed E-state index contributed by atoms with van der Waals surface area (Å²) < 4.78 is 5.51. The number of ether oxygens (including phenoxy) is 1.